The summed E-state index contributed by atoms with van der Waals surface area (Å²) in [7, 11) is 0. The first kappa shape index (κ1) is 15.4. The number of benzene rings is 1. The molecule has 2 rings (SSSR count). The van der Waals surface area contributed by atoms with Gasteiger partial charge < -0.3 is 10.6 Å². The second-order valence-electron chi connectivity index (χ2n) is 5.29. The third-order valence-corrected chi connectivity index (χ3v) is 3.87. The number of primary amides is 1. The van der Waals surface area contributed by atoms with E-state index in [-0.39, 0.29) is 36.1 Å². The highest BCUT2D eigenvalue weighted by Crippen LogP contribution is 2.18. The molecule has 1 aromatic rings. The molecule has 0 unspecified atom stereocenters. The van der Waals surface area contributed by atoms with E-state index in [9.17, 15) is 18.4 Å². The minimum atomic E-state index is -0.513. The van der Waals surface area contributed by atoms with Crippen LogP contribution in [0.1, 0.15) is 24.8 Å². The SMILES string of the molecule is NC(=O)C1CCN(C(=O)CCc2cc(F)ccc2F)CC1. The van der Waals surface area contributed by atoms with Crippen LogP contribution >= 0.6 is 0 Å². The maximum Gasteiger partial charge on any atom is 0.222 e. The van der Waals surface area contributed by atoms with E-state index in [0.29, 0.717) is 25.9 Å². The van der Waals surface area contributed by atoms with E-state index in [0.717, 1.165) is 18.2 Å². The first-order valence-corrected chi connectivity index (χ1v) is 6.98. The summed E-state index contributed by atoms with van der Waals surface area (Å²) in [6.07, 6.45) is 1.42. The number of hydrogen-bond acceptors (Lipinski definition) is 2. The molecule has 1 aliphatic rings. The Balaban J connectivity index is 1.85. The molecule has 2 amide bonds. The van der Waals surface area contributed by atoms with Gasteiger partial charge in [-0.25, -0.2) is 8.78 Å². The Bertz CT molecular complexity index is 540. The predicted molar refractivity (Wildman–Crippen MR) is 73.2 cm³/mol. The van der Waals surface area contributed by atoms with E-state index < -0.39 is 11.6 Å². The van der Waals surface area contributed by atoms with Crippen molar-refractivity contribution in [2.75, 3.05) is 13.1 Å². The number of halogens is 2. The second kappa shape index (κ2) is 6.65. The minimum absolute atomic E-state index is 0.110. The van der Waals surface area contributed by atoms with Crippen LogP contribution in [0.5, 0.6) is 0 Å². The molecule has 1 fully saturated rings. The minimum Gasteiger partial charge on any atom is -0.369 e. The van der Waals surface area contributed by atoms with Crippen LogP contribution in [0.2, 0.25) is 0 Å². The quantitative estimate of drug-likeness (QED) is 0.917. The molecule has 1 heterocycles. The number of hydrogen-bond donors (Lipinski definition) is 1. The molecule has 21 heavy (non-hydrogen) atoms. The molecule has 0 bridgehead atoms. The van der Waals surface area contributed by atoms with Crippen LogP contribution in [0.25, 0.3) is 0 Å². The molecule has 0 radical (unpaired) electrons. The number of nitrogens with two attached hydrogens (primary N) is 1. The normalized spacial score (nSPS) is 16.0. The maximum atomic E-state index is 13.5. The van der Waals surface area contributed by atoms with Gasteiger partial charge in [-0.15, -0.1) is 0 Å². The van der Waals surface area contributed by atoms with Crippen LogP contribution in [0.3, 0.4) is 0 Å². The largest absolute Gasteiger partial charge is 0.369 e. The van der Waals surface area contributed by atoms with Gasteiger partial charge in [0.05, 0.1) is 0 Å². The monoisotopic (exact) mass is 296 g/mol. The molecule has 6 heteroatoms. The Morgan fingerprint density at radius 1 is 1.24 bits per heavy atom. The lowest BCUT2D eigenvalue weighted by atomic mass is 9.96. The fourth-order valence-corrected chi connectivity index (χ4v) is 2.55. The van der Waals surface area contributed by atoms with Crippen LogP contribution in [0.15, 0.2) is 18.2 Å². The topological polar surface area (TPSA) is 63.4 Å². The molecular weight excluding hydrogens is 278 g/mol. The summed E-state index contributed by atoms with van der Waals surface area (Å²) in [4.78, 5) is 24.7. The molecule has 1 aliphatic heterocycles. The highest BCUT2D eigenvalue weighted by atomic mass is 19.1. The third-order valence-electron chi connectivity index (χ3n) is 3.87. The number of piperidine rings is 1. The Hall–Kier alpha value is -1.98. The van der Waals surface area contributed by atoms with E-state index >= 15 is 0 Å². The molecule has 0 atom stereocenters. The van der Waals surface area contributed by atoms with Crippen molar-refractivity contribution < 1.29 is 18.4 Å². The van der Waals surface area contributed by atoms with Crippen molar-refractivity contribution in [1.29, 1.82) is 0 Å². The smallest absolute Gasteiger partial charge is 0.222 e. The zero-order valence-electron chi connectivity index (χ0n) is 11.6. The van der Waals surface area contributed by atoms with E-state index in [1.165, 1.54) is 0 Å². The van der Waals surface area contributed by atoms with Crippen LogP contribution in [0.4, 0.5) is 8.78 Å². The van der Waals surface area contributed by atoms with Gasteiger partial charge in [0, 0.05) is 25.4 Å². The fourth-order valence-electron chi connectivity index (χ4n) is 2.55. The van der Waals surface area contributed by atoms with Crippen LogP contribution in [-0.2, 0) is 16.0 Å². The molecule has 114 valence electrons. The Labute approximate surface area is 121 Å². The van der Waals surface area contributed by atoms with Crippen LogP contribution in [-0.4, -0.2) is 29.8 Å². The van der Waals surface area contributed by atoms with Crippen molar-refractivity contribution in [2.45, 2.75) is 25.7 Å². The van der Waals surface area contributed by atoms with Gasteiger partial charge in [0.15, 0.2) is 0 Å². The lowest BCUT2D eigenvalue weighted by Crippen LogP contribution is -2.41. The fraction of sp³-hybridized carbons (Fsp3) is 0.467. The Morgan fingerprint density at radius 3 is 2.52 bits per heavy atom. The molecule has 1 saturated heterocycles. The van der Waals surface area contributed by atoms with Gasteiger partial charge in [0.25, 0.3) is 0 Å². The standard InChI is InChI=1S/C15H18F2N2O2/c16-12-2-3-13(17)11(9-12)1-4-14(20)19-7-5-10(6-8-19)15(18)21/h2-3,9-10H,1,4-8H2,(H2,18,21). The predicted octanol–water partition coefficient (Wildman–Crippen LogP) is 1.62. The van der Waals surface area contributed by atoms with Gasteiger partial charge in [0.2, 0.25) is 11.8 Å². The first-order chi connectivity index (χ1) is 9.97. The van der Waals surface area contributed by atoms with Crippen LogP contribution in [0, 0.1) is 17.6 Å². The highest BCUT2D eigenvalue weighted by Gasteiger charge is 2.25. The summed E-state index contributed by atoms with van der Waals surface area (Å²) in [5.74, 6) is -1.63. The maximum absolute atomic E-state index is 13.5. The summed E-state index contributed by atoms with van der Waals surface area (Å²) in [5.41, 5.74) is 5.44. The van der Waals surface area contributed by atoms with Gasteiger partial charge in [-0.1, -0.05) is 0 Å². The van der Waals surface area contributed by atoms with Crippen molar-refractivity contribution in [1.82, 2.24) is 4.90 Å². The summed E-state index contributed by atoms with van der Waals surface area (Å²) < 4.78 is 26.5. The van der Waals surface area contributed by atoms with Crippen LogP contribution < -0.4 is 5.73 Å². The average Bonchev–Trinajstić information content (AvgIpc) is 2.48. The zero-order chi connectivity index (χ0) is 15.4. The van der Waals surface area contributed by atoms with Crippen molar-refractivity contribution in [3.8, 4) is 0 Å². The highest BCUT2D eigenvalue weighted by molar-refractivity contribution is 5.79. The van der Waals surface area contributed by atoms with Crippen molar-refractivity contribution in [2.24, 2.45) is 11.7 Å². The second-order valence-corrected chi connectivity index (χ2v) is 5.29. The lowest BCUT2D eigenvalue weighted by Gasteiger charge is -2.30. The van der Waals surface area contributed by atoms with E-state index in [1.807, 2.05) is 0 Å². The summed E-state index contributed by atoms with van der Waals surface area (Å²) in [5, 5.41) is 0. The average molecular weight is 296 g/mol. The van der Waals surface area contributed by atoms with E-state index in [1.54, 1.807) is 4.90 Å². The number of rotatable bonds is 4. The van der Waals surface area contributed by atoms with Gasteiger partial charge in [-0.2, -0.15) is 0 Å². The number of carbonyl (C=O) groups excluding carboxylic acids is 2. The van der Waals surface area contributed by atoms with E-state index in [2.05, 4.69) is 0 Å². The third kappa shape index (κ3) is 4.00. The molecule has 0 aromatic heterocycles. The van der Waals surface area contributed by atoms with Crippen molar-refractivity contribution in [3.05, 3.63) is 35.4 Å². The number of likely N-dealkylation sites (tertiary alicyclic amines) is 1. The number of carbonyl (C=O) groups is 2. The first-order valence-electron chi connectivity index (χ1n) is 6.98. The Kier molecular flexibility index (Phi) is 4.88. The number of aryl methyl sites for hydroxylation is 1. The molecule has 0 saturated carbocycles. The Morgan fingerprint density at radius 2 is 1.90 bits per heavy atom. The van der Waals surface area contributed by atoms with Gasteiger partial charge in [-0.05, 0) is 43.0 Å². The number of nitrogens with zero attached hydrogens (tertiary/aromatic N) is 1. The number of amides is 2. The summed E-state index contributed by atoms with van der Waals surface area (Å²) in [6.45, 7) is 0.968. The van der Waals surface area contributed by atoms with Gasteiger partial charge >= 0.3 is 0 Å². The summed E-state index contributed by atoms with van der Waals surface area (Å²) >= 11 is 0. The summed E-state index contributed by atoms with van der Waals surface area (Å²) in [6, 6.07) is 3.23. The van der Waals surface area contributed by atoms with Gasteiger partial charge in [-0.3, -0.25) is 9.59 Å². The molecule has 0 aliphatic carbocycles. The molecule has 1 aromatic carbocycles. The molecule has 0 spiro atoms. The molecule has 4 nitrogen and oxygen atoms in total. The van der Waals surface area contributed by atoms with Crippen molar-refractivity contribution in [3.63, 3.8) is 0 Å². The molecular formula is C15H18F2N2O2. The van der Waals surface area contributed by atoms with Gasteiger partial charge in [0.1, 0.15) is 11.6 Å². The van der Waals surface area contributed by atoms with Crippen molar-refractivity contribution >= 4 is 11.8 Å². The zero-order valence-corrected chi connectivity index (χ0v) is 11.6. The van der Waals surface area contributed by atoms with E-state index in [4.69, 9.17) is 5.73 Å². The lowest BCUT2D eigenvalue weighted by molar-refractivity contribution is -0.134. The molecule has 2 N–H and O–H groups in total.